The lowest BCUT2D eigenvalue weighted by molar-refractivity contribution is -0.211. The van der Waals surface area contributed by atoms with Crippen LogP contribution in [0.1, 0.15) is 49.0 Å². The van der Waals surface area contributed by atoms with E-state index in [-0.39, 0.29) is 18.3 Å². The molecule has 0 spiro atoms. The lowest BCUT2D eigenvalue weighted by Gasteiger charge is -2.44. The molecule has 1 aromatic carbocycles. The number of carbonyl (C=O) groups is 2. The fourth-order valence-electron chi connectivity index (χ4n) is 4.76. The molecule has 0 radical (unpaired) electrons. The average Bonchev–Trinajstić information content (AvgIpc) is 3.34. The van der Waals surface area contributed by atoms with Gasteiger partial charge in [-0.2, -0.15) is 0 Å². The van der Waals surface area contributed by atoms with Crippen molar-refractivity contribution in [3.8, 4) is 0 Å². The van der Waals surface area contributed by atoms with Gasteiger partial charge in [0.1, 0.15) is 36.5 Å². The highest BCUT2D eigenvalue weighted by atomic mass is 32.2. The fraction of sp³-hybridized carbons (Fsp3) is 0.692. The Morgan fingerprint density at radius 1 is 1.19 bits per heavy atom. The number of thioether (sulfide) groups is 1. The molecule has 0 aromatic heterocycles. The Morgan fingerprint density at radius 2 is 1.89 bits per heavy atom. The average molecular weight is 541 g/mol. The highest BCUT2D eigenvalue weighted by Crippen LogP contribution is 2.31. The molecule has 10 nitrogen and oxygen atoms in total. The molecule has 37 heavy (non-hydrogen) atoms. The van der Waals surface area contributed by atoms with Gasteiger partial charge in [0.05, 0.1) is 23.8 Å². The van der Waals surface area contributed by atoms with Crippen molar-refractivity contribution >= 4 is 23.6 Å². The summed E-state index contributed by atoms with van der Waals surface area (Å²) in [5.74, 6) is -0.128. The smallest absolute Gasteiger partial charge is 0.338 e. The summed E-state index contributed by atoms with van der Waals surface area (Å²) in [6.07, 6.45) is -4.03. The van der Waals surface area contributed by atoms with Crippen molar-refractivity contribution in [3.63, 3.8) is 0 Å². The van der Waals surface area contributed by atoms with Crippen molar-refractivity contribution in [2.24, 2.45) is 5.92 Å². The molecule has 9 atom stereocenters. The van der Waals surface area contributed by atoms with Crippen LogP contribution < -0.4 is 10.6 Å². The summed E-state index contributed by atoms with van der Waals surface area (Å²) in [4.78, 5) is 25.1. The zero-order valence-electron chi connectivity index (χ0n) is 21.6. The number of esters is 1. The predicted octanol–water partition coefficient (Wildman–Crippen LogP) is 0.336. The van der Waals surface area contributed by atoms with Crippen molar-refractivity contribution in [2.45, 2.75) is 88.1 Å². The third-order valence-corrected chi connectivity index (χ3v) is 8.03. The summed E-state index contributed by atoms with van der Waals surface area (Å²) in [7, 11) is 0. The molecule has 2 heterocycles. The van der Waals surface area contributed by atoms with Crippen molar-refractivity contribution in [1.82, 2.24) is 10.6 Å². The fourth-order valence-corrected chi connectivity index (χ4v) is 5.74. The molecule has 2 aliphatic rings. The largest absolute Gasteiger partial charge is 0.461 e. The van der Waals surface area contributed by atoms with Gasteiger partial charge in [-0.25, -0.2) is 4.79 Å². The predicted molar refractivity (Wildman–Crippen MR) is 139 cm³/mol. The highest BCUT2D eigenvalue weighted by Gasteiger charge is 2.48. The number of benzene rings is 1. The van der Waals surface area contributed by atoms with Crippen molar-refractivity contribution < 1.29 is 39.5 Å². The van der Waals surface area contributed by atoms with Crippen LogP contribution in [-0.2, 0) is 14.3 Å². The van der Waals surface area contributed by atoms with E-state index in [0.717, 1.165) is 36.7 Å². The second-order valence-corrected chi connectivity index (χ2v) is 11.1. The monoisotopic (exact) mass is 540 g/mol. The second-order valence-electron chi connectivity index (χ2n) is 9.94. The third kappa shape index (κ3) is 7.89. The number of carbonyl (C=O) groups excluding carboxylic acids is 2. The van der Waals surface area contributed by atoms with Gasteiger partial charge in [-0.1, -0.05) is 31.0 Å². The van der Waals surface area contributed by atoms with Crippen LogP contribution in [0.15, 0.2) is 24.3 Å². The van der Waals surface area contributed by atoms with Gasteiger partial charge in [0.2, 0.25) is 5.91 Å². The molecule has 3 rings (SSSR count). The molecule has 0 saturated carbocycles. The minimum atomic E-state index is -1.55. The Hall–Kier alpha value is -1.73. The zero-order chi connectivity index (χ0) is 27.1. The van der Waals surface area contributed by atoms with Crippen LogP contribution in [-0.4, -0.2) is 99.2 Å². The Kier molecular flexibility index (Phi) is 11.2. The van der Waals surface area contributed by atoms with E-state index in [2.05, 4.69) is 17.6 Å². The molecule has 0 bridgehead atoms. The van der Waals surface area contributed by atoms with Crippen LogP contribution in [0.5, 0.6) is 0 Å². The minimum absolute atomic E-state index is 0.0378. The number of hydrogen-bond acceptors (Lipinski definition) is 10. The molecule has 0 aliphatic carbocycles. The van der Waals surface area contributed by atoms with E-state index >= 15 is 0 Å². The van der Waals surface area contributed by atoms with Crippen LogP contribution in [0.2, 0.25) is 0 Å². The maximum absolute atomic E-state index is 12.9. The number of amides is 1. The number of ether oxygens (including phenoxy) is 2. The van der Waals surface area contributed by atoms with Gasteiger partial charge < -0.3 is 40.5 Å². The summed E-state index contributed by atoms with van der Waals surface area (Å²) >= 11 is 1.11. The molecule has 2 saturated heterocycles. The van der Waals surface area contributed by atoms with Gasteiger partial charge in [-0.05, 0) is 51.3 Å². The van der Waals surface area contributed by atoms with Crippen LogP contribution in [0.4, 0.5) is 0 Å². The summed E-state index contributed by atoms with van der Waals surface area (Å²) in [6, 6.07) is 5.55. The number of aliphatic hydroxyl groups excluding tert-OH is 4. The van der Waals surface area contributed by atoms with E-state index < -0.39 is 54.0 Å². The van der Waals surface area contributed by atoms with E-state index in [9.17, 15) is 30.0 Å². The van der Waals surface area contributed by atoms with E-state index in [4.69, 9.17) is 9.47 Å². The molecule has 6 N–H and O–H groups in total. The van der Waals surface area contributed by atoms with Gasteiger partial charge in [0, 0.05) is 5.75 Å². The third-order valence-electron chi connectivity index (χ3n) is 6.91. The van der Waals surface area contributed by atoms with Crippen molar-refractivity contribution in [2.75, 3.05) is 18.9 Å². The second kappa shape index (κ2) is 13.9. The first kappa shape index (κ1) is 29.8. The first-order valence-electron chi connectivity index (χ1n) is 12.9. The molecule has 0 unspecified atom stereocenters. The van der Waals surface area contributed by atoms with Gasteiger partial charge in [-0.3, -0.25) is 4.79 Å². The minimum Gasteiger partial charge on any atom is -0.461 e. The zero-order valence-corrected chi connectivity index (χ0v) is 22.4. The van der Waals surface area contributed by atoms with Gasteiger partial charge in [0.15, 0.2) is 0 Å². The standard InChI is InChI=1S/C26H40N2O8S/c1-4-5-16-12-18(27-13-16)24(33)28-19(15(3)29)23-21(31)20(30)22(32)26(36-23)37-11-10-35-25(34)17-8-6-14(2)7-9-17/h6-9,15-16,18-23,26-27,29-32H,4-5,10-13H2,1-3H3,(H,28,33)/t15-,16-,18+,19-,20+,21-,22-,23-,26-/m1/s1. The maximum atomic E-state index is 12.9. The number of hydrogen-bond donors (Lipinski definition) is 6. The topological polar surface area (TPSA) is 158 Å². The van der Waals surface area contributed by atoms with Crippen LogP contribution in [0.3, 0.4) is 0 Å². The molecule has 2 fully saturated rings. The van der Waals surface area contributed by atoms with E-state index in [1.165, 1.54) is 6.92 Å². The number of nitrogens with one attached hydrogen (secondary N) is 2. The molecular weight excluding hydrogens is 500 g/mol. The molecule has 1 amide bonds. The van der Waals surface area contributed by atoms with Gasteiger partial charge >= 0.3 is 5.97 Å². The highest BCUT2D eigenvalue weighted by molar-refractivity contribution is 7.99. The number of aryl methyl sites for hydroxylation is 1. The van der Waals surface area contributed by atoms with Gasteiger partial charge in [0.25, 0.3) is 0 Å². The van der Waals surface area contributed by atoms with Crippen LogP contribution >= 0.6 is 11.8 Å². The number of aliphatic hydroxyl groups is 4. The van der Waals surface area contributed by atoms with Gasteiger partial charge in [-0.15, -0.1) is 11.8 Å². The van der Waals surface area contributed by atoms with E-state index in [0.29, 0.717) is 17.9 Å². The summed E-state index contributed by atoms with van der Waals surface area (Å²) in [5, 5.41) is 48.0. The SMILES string of the molecule is CCC[C@H]1CN[C@H](C(=O)N[C@@H]([C@H]2O[C@H](SCCOC(=O)c3ccc(C)cc3)[C@H](O)[C@@H](O)[C@H]2O)[C@@H](C)O)C1. The maximum Gasteiger partial charge on any atom is 0.338 e. The molecule has 11 heteroatoms. The summed E-state index contributed by atoms with van der Waals surface area (Å²) in [6.45, 7) is 6.26. The van der Waals surface area contributed by atoms with Crippen molar-refractivity contribution in [3.05, 3.63) is 35.4 Å². The quantitative estimate of drug-likeness (QED) is 0.171. The van der Waals surface area contributed by atoms with E-state index in [1.807, 2.05) is 19.1 Å². The summed E-state index contributed by atoms with van der Waals surface area (Å²) in [5.41, 5.74) is 0.479. The molecule has 1 aromatic rings. The first-order valence-corrected chi connectivity index (χ1v) is 13.9. The Balaban J connectivity index is 1.56. The Labute approximate surface area is 222 Å². The molecule has 208 valence electrons. The lowest BCUT2D eigenvalue weighted by Crippen LogP contribution is -2.65. The molecular formula is C26H40N2O8S. The Morgan fingerprint density at radius 3 is 2.54 bits per heavy atom. The normalized spacial score (nSPS) is 31.5. The van der Waals surface area contributed by atoms with E-state index in [1.54, 1.807) is 12.1 Å². The number of rotatable bonds is 11. The summed E-state index contributed by atoms with van der Waals surface area (Å²) < 4.78 is 11.2. The van der Waals surface area contributed by atoms with Crippen LogP contribution in [0.25, 0.3) is 0 Å². The lowest BCUT2D eigenvalue weighted by atomic mass is 9.92. The first-order chi connectivity index (χ1) is 17.6. The van der Waals surface area contributed by atoms with Crippen molar-refractivity contribution in [1.29, 1.82) is 0 Å². The Bertz CT molecular complexity index is 886. The molecule has 2 aliphatic heterocycles. The van der Waals surface area contributed by atoms with Crippen LogP contribution in [0, 0.1) is 12.8 Å².